The fraction of sp³-hybridized carbons (Fsp3) is 0.471. The lowest BCUT2D eigenvalue weighted by Crippen LogP contribution is -2.33. The molecule has 5 nitrogen and oxygen atoms in total. The number of hydrogen-bond acceptors (Lipinski definition) is 3. The third kappa shape index (κ3) is 3.80. The molecule has 1 aromatic heterocycles. The predicted octanol–water partition coefficient (Wildman–Crippen LogP) is 3.00. The van der Waals surface area contributed by atoms with Crippen LogP contribution in [0.3, 0.4) is 0 Å². The maximum atomic E-state index is 12.1. The van der Waals surface area contributed by atoms with E-state index in [9.17, 15) is 4.79 Å². The van der Waals surface area contributed by atoms with E-state index in [0.717, 1.165) is 30.2 Å². The van der Waals surface area contributed by atoms with Crippen molar-refractivity contribution >= 4 is 16.8 Å². The number of amides is 1. The van der Waals surface area contributed by atoms with E-state index in [0.29, 0.717) is 25.3 Å². The van der Waals surface area contributed by atoms with Crippen molar-refractivity contribution in [1.82, 2.24) is 10.0 Å². The van der Waals surface area contributed by atoms with Gasteiger partial charge in [0, 0.05) is 23.5 Å². The van der Waals surface area contributed by atoms with Crippen molar-refractivity contribution in [2.75, 3.05) is 13.1 Å². The molecule has 0 atom stereocenters. The van der Waals surface area contributed by atoms with Gasteiger partial charge in [-0.3, -0.25) is 4.79 Å². The van der Waals surface area contributed by atoms with Crippen LogP contribution in [0.4, 0.5) is 0 Å². The van der Waals surface area contributed by atoms with Crippen molar-refractivity contribution in [3.8, 4) is 5.75 Å². The SMILES string of the molecule is CCCCC(=O)N(CC)Oc1ccc2[nH]cc(CCN)c2c1. The van der Waals surface area contributed by atoms with Crippen LogP contribution in [0, 0.1) is 0 Å². The molecule has 1 amide bonds. The van der Waals surface area contributed by atoms with E-state index in [1.54, 1.807) is 0 Å². The van der Waals surface area contributed by atoms with Crippen LogP contribution in [0.15, 0.2) is 24.4 Å². The smallest absolute Gasteiger partial charge is 0.255 e. The lowest BCUT2D eigenvalue weighted by molar-refractivity contribution is -0.156. The number of unbranched alkanes of at least 4 members (excludes halogenated alkanes) is 1. The number of fused-ring (bicyclic) bond motifs is 1. The van der Waals surface area contributed by atoms with Crippen molar-refractivity contribution in [2.24, 2.45) is 5.73 Å². The first-order valence-corrected chi connectivity index (χ1v) is 7.98. The topological polar surface area (TPSA) is 71.3 Å². The molecule has 3 N–H and O–H groups in total. The van der Waals surface area contributed by atoms with Crippen LogP contribution in [0.25, 0.3) is 10.9 Å². The third-order valence-corrected chi connectivity index (χ3v) is 3.68. The van der Waals surface area contributed by atoms with Crippen LogP contribution in [0.1, 0.15) is 38.7 Å². The highest BCUT2D eigenvalue weighted by atomic mass is 16.7. The van der Waals surface area contributed by atoms with Gasteiger partial charge in [0.2, 0.25) is 0 Å². The molecular weight excluding hydrogens is 278 g/mol. The zero-order valence-corrected chi connectivity index (χ0v) is 13.4. The summed E-state index contributed by atoms with van der Waals surface area (Å²) in [6.45, 7) is 5.12. The number of carbonyl (C=O) groups excluding carboxylic acids is 1. The number of rotatable bonds is 8. The van der Waals surface area contributed by atoms with Crippen molar-refractivity contribution in [3.05, 3.63) is 30.0 Å². The first-order chi connectivity index (χ1) is 10.7. The molecule has 0 fully saturated rings. The lowest BCUT2D eigenvalue weighted by atomic mass is 10.1. The number of nitrogens with one attached hydrogen (secondary N) is 1. The minimum absolute atomic E-state index is 0.0284. The van der Waals surface area contributed by atoms with Gasteiger partial charge in [0.15, 0.2) is 5.75 Å². The first-order valence-electron chi connectivity index (χ1n) is 7.98. The van der Waals surface area contributed by atoms with Crippen molar-refractivity contribution in [2.45, 2.75) is 39.5 Å². The molecule has 120 valence electrons. The van der Waals surface area contributed by atoms with E-state index in [-0.39, 0.29) is 5.91 Å². The Morgan fingerprint density at radius 2 is 2.18 bits per heavy atom. The average molecular weight is 303 g/mol. The summed E-state index contributed by atoms with van der Waals surface area (Å²) >= 11 is 0. The Hall–Kier alpha value is -2.01. The second-order valence-electron chi connectivity index (χ2n) is 5.34. The zero-order valence-electron chi connectivity index (χ0n) is 13.4. The normalized spacial score (nSPS) is 10.9. The molecule has 2 rings (SSSR count). The van der Waals surface area contributed by atoms with Gasteiger partial charge >= 0.3 is 0 Å². The monoisotopic (exact) mass is 303 g/mol. The van der Waals surface area contributed by atoms with Crippen LogP contribution < -0.4 is 10.6 Å². The number of nitrogens with zero attached hydrogens (tertiary/aromatic N) is 1. The zero-order chi connectivity index (χ0) is 15.9. The molecule has 0 unspecified atom stereocenters. The highest BCUT2D eigenvalue weighted by molar-refractivity contribution is 5.84. The van der Waals surface area contributed by atoms with Gasteiger partial charge in [0.25, 0.3) is 5.91 Å². The molecule has 0 radical (unpaired) electrons. The molecule has 1 aromatic carbocycles. The standard InChI is InChI=1S/C17H25N3O2/c1-3-5-6-17(21)20(4-2)22-14-7-8-16-15(11-14)13(9-10-18)12-19-16/h7-8,11-12,19H,3-6,9-10,18H2,1-2H3. The van der Waals surface area contributed by atoms with Gasteiger partial charge in [-0.05, 0) is 50.1 Å². The maximum absolute atomic E-state index is 12.1. The molecule has 0 saturated carbocycles. The Kier molecular flexibility index (Phi) is 5.83. The van der Waals surface area contributed by atoms with Crippen LogP contribution in [-0.4, -0.2) is 29.0 Å². The summed E-state index contributed by atoms with van der Waals surface area (Å²) in [4.78, 5) is 21.1. The second-order valence-corrected chi connectivity index (χ2v) is 5.34. The minimum atomic E-state index is 0.0284. The molecule has 5 heteroatoms. The predicted molar refractivity (Wildman–Crippen MR) is 88.6 cm³/mol. The van der Waals surface area contributed by atoms with Crippen LogP contribution >= 0.6 is 0 Å². The number of aromatic amines is 1. The van der Waals surface area contributed by atoms with Gasteiger partial charge in [0.05, 0.1) is 6.54 Å². The number of hydrogen-bond donors (Lipinski definition) is 2. The Bertz CT molecular complexity index is 621. The highest BCUT2D eigenvalue weighted by Gasteiger charge is 2.14. The summed E-state index contributed by atoms with van der Waals surface area (Å²) in [6.07, 6.45) is 5.20. The van der Waals surface area contributed by atoms with E-state index in [2.05, 4.69) is 11.9 Å². The molecule has 2 aromatic rings. The van der Waals surface area contributed by atoms with Gasteiger partial charge in [-0.25, -0.2) is 0 Å². The largest absolute Gasteiger partial charge is 0.377 e. The van der Waals surface area contributed by atoms with Crippen molar-refractivity contribution in [3.63, 3.8) is 0 Å². The molecule has 0 bridgehead atoms. The summed E-state index contributed by atoms with van der Waals surface area (Å²) in [6, 6.07) is 5.81. The molecule has 1 heterocycles. The molecule has 0 spiro atoms. The van der Waals surface area contributed by atoms with E-state index in [1.165, 1.54) is 10.6 Å². The molecular formula is C17H25N3O2. The van der Waals surface area contributed by atoms with E-state index < -0.39 is 0 Å². The highest BCUT2D eigenvalue weighted by Crippen LogP contribution is 2.24. The number of aromatic nitrogens is 1. The number of nitrogens with two attached hydrogens (primary N) is 1. The molecule has 0 saturated heterocycles. The van der Waals surface area contributed by atoms with E-state index in [1.807, 2.05) is 31.3 Å². The number of benzene rings is 1. The van der Waals surface area contributed by atoms with Crippen molar-refractivity contribution < 1.29 is 9.63 Å². The van der Waals surface area contributed by atoms with Gasteiger partial charge in [-0.15, -0.1) is 0 Å². The van der Waals surface area contributed by atoms with Crippen LogP contribution in [-0.2, 0) is 11.2 Å². The van der Waals surface area contributed by atoms with E-state index >= 15 is 0 Å². The Morgan fingerprint density at radius 1 is 1.36 bits per heavy atom. The van der Waals surface area contributed by atoms with Crippen LogP contribution in [0.2, 0.25) is 0 Å². The maximum Gasteiger partial charge on any atom is 0.255 e. The summed E-state index contributed by atoms with van der Waals surface area (Å²) in [5, 5.41) is 2.53. The van der Waals surface area contributed by atoms with Gasteiger partial charge in [-0.1, -0.05) is 13.3 Å². The molecule has 0 aliphatic rings. The first kappa shape index (κ1) is 16.4. The lowest BCUT2D eigenvalue weighted by Gasteiger charge is -2.21. The number of hydroxylamine groups is 2. The van der Waals surface area contributed by atoms with Crippen LogP contribution in [0.5, 0.6) is 5.75 Å². The quantitative estimate of drug-likeness (QED) is 0.736. The molecule has 22 heavy (non-hydrogen) atoms. The van der Waals surface area contributed by atoms with Gasteiger partial charge < -0.3 is 15.6 Å². The molecule has 0 aliphatic heterocycles. The fourth-order valence-electron chi connectivity index (χ4n) is 2.45. The van der Waals surface area contributed by atoms with Gasteiger partial charge in [0.1, 0.15) is 0 Å². The second kappa shape index (κ2) is 7.84. The Labute approximate surface area is 131 Å². The average Bonchev–Trinajstić information content (AvgIpc) is 2.93. The summed E-state index contributed by atoms with van der Waals surface area (Å²) < 4.78 is 0. The summed E-state index contributed by atoms with van der Waals surface area (Å²) in [5.74, 6) is 0.706. The Morgan fingerprint density at radius 3 is 2.86 bits per heavy atom. The van der Waals surface area contributed by atoms with E-state index in [4.69, 9.17) is 10.6 Å². The summed E-state index contributed by atoms with van der Waals surface area (Å²) in [7, 11) is 0. The Balaban J connectivity index is 2.15. The summed E-state index contributed by atoms with van der Waals surface area (Å²) in [5.41, 5.74) is 7.86. The van der Waals surface area contributed by atoms with Crippen molar-refractivity contribution in [1.29, 1.82) is 0 Å². The minimum Gasteiger partial charge on any atom is -0.377 e. The molecule has 0 aliphatic carbocycles. The number of H-pyrrole nitrogens is 1. The third-order valence-electron chi connectivity index (χ3n) is 3.68. The number of carbonyl (C=O) groups is 1. The fourth-order valence-corrected chi connectivity index (χ4v) is 2.45. The van der Waals surface area contributed by atoms with Gasteiger partial charge in [-0.2, -0.15) is 5.06 Å².